The molecule has 0 bridgehead atoms. The van der Waals surface area contributed by atoms with Crippen LogP contribution in [0.3, 0.4) is 0 Å². The maximum Gasteiger partial charge on any atom is 0.269 e. The number of imidazole rings is 1. The van der Waals surface area contributed by atoms with Gasteiger partial charge in [0.2, 0.25) is 0 Å². The molecule has 0 N–H and O–H groups in total. The number of nitrogens with zero attached hydrogens (tertiary/aromatic N) is 4. The van der Waals surface area contributed by atoms with Gasteiger partial charge in [-0.25, -0.2) is 4.98 Å². The number of hydrogen-bond acceptors (Lipinski definition) is 2. The summed E-state index contributed by atoms with van der Waals surface area (Å²) in [6.07, 6.45) is 5.82. The molecule has 5 nitrogen and oxygen atoms in total. The molecule has 3 aromatic heterocycles. The van der Waals surface area contributed by atoms with Crippen molar-refractivity contribution in [3.63, 3.8) is 0 Å². The number of benzene rings is 10. The molecule has 1 aliphatic carbocycles. The Morgan fingerprint density at radius 3 is 1.91 bits per heavy atom. The summed E-state index contributed by atoms with van der Waals surface area (Å²) in [5.74, 6) is 2.30. The van der Waals surface area contributed by atoms with Crippen molar-refractivity contribution in [1.29, 1.82) is 0 Å². The Bertz CT molecular complexity index is 4360. The highest BCUT2D eigenvalue weighted by Crippen LogP contribution is 2.52. The fourth-order valence-electron chi connectivity index (χ4n) is 11.4. The van der Waals surface area contributed by atoms with E-state index in [0.29, 0.717) is 5.75 Å². The smallest absolute Gasteiger partial charge is 0.269 e. The molecule has 1 aliphatic rings. The molecule has 5 heteroatoms. The first-order valence-corrected chi connectivity index (χ1v) is 25.7. The van der Waals surface area contributed by atoms with Crippen LogP contribution in [0, 0.1) is 6.33 Å². The van der Waals surface area contributed by atoms with Crippen molar-refractivity contribution in [2.75, 3.05) is 0 Å². The minimum atomic E-state index is -0.0829. The summed E-state index contributed by atoms with van der Waals surface area (Å²) in [6.45, 7) is 6.77. The highest BCUT2D eigenvalue weighted by Gasteiger charge is 2.30. The van der Waals surface area contributed by atoms with E-state index in [-0.39, 0.29) is 5.41 Å². The lowest BCUT2D eigenvalue weighted by Crippen LogP contribution is -2.31. The Labute approximate surface area is 436 Å². The second-order valence-electron chi connectivity index (χ2n) is 20.5. The number of hydrogen-bond donors (Lipinski definition) is 0. The van der Waals surface area contributed by atoms with E-state index < -0.39 is 0 Å². The van der Waals surface area contributed by atoms with Crippen LogP contribution in [0.1, 0.15) is 26.3 Å². The third-order valence-corrected chi connectivity index (χ3v) is 14.9. The first-order valence-electron chi connectivity index (χ1n) is 25.7. The normalized spacial score (nSPS) is 11.9. The van der Waals surface area contributed by atoms with Crippen LogP contribution in [0.2, 0.25) is 0 Å². The third kappa shape index (κ3) is 7.46. The molecule has 0 radical (unpaired) electrons. The molecule has 75 heavy (non-hydrogen) atoms. The summed E-state index contributed by atoms with van der Waals surface area (Å²) in [6, 6.07) is 86.7. The molecule has 0 aliphatic heterocycles. The van der Waals surface area contributed by atoms with Crippen LogP contribution in [0.25, 0.3) is 117 Å². The topological polar surface area (TPSA) is 35.9 Å². The second kappa shape index (κ2) is 17.6. The zero-order valence-electron chi connectivity index (χ0n) is 41.9. The molecule has 0 spiro atoms. The van der Waals surface area contributed by atoms with Gasteiger partial charge in [0.15, 0.2) is 0 Å². The van der Waals surface area contributed by atoms with Crippen LogP contribution in [-0.2, 0) is 5.41 Å². The lowest BCUT2D eigenvalue weighted by Gasteiger charge is -2.21. The predicted molar refractivity (Wildman–Crippen MR) is 307 cm³/mol. The molecule has 0 fully saturated rings. The number of para-hydroxylation sites is 3. The number of fused-ring (bicyclic) bond motifs is 8. The van der Waals surface area contributed by atoms with Gasteiger partial charge in [-0.15, -0.1) is 0 Å². The van der Waals surface area contributed by atoms with E-state index in [0.717, 1.165) is 78.4 Å². The van der Waals surface area contributed by atoms with Crippen LogP contribution in [0.5, 0.6) is 11.5 Å². The summed E-state index contributed by atoms with van der Waals surface area (Å²) in [4.78, 5) is 5.14. The van der Waals surface area contributed by atoms with E-state index in [1.165, 1.54) is 49.7 Å². The monoisotopic (exact) mass is 962 g/mol. The van der Waals surface area contributed by atoms with Crippen molar-refractivity contribution in [3.8, 4) is 95.6 Å². The van der Waals surface area contributed by atoms with Crippen LogP contribution in [0.4, 0.5) is 0 Å². The van der Waals surface area contributed by atoms with Gasteiger partial charge >= 0.3 is 0 Å². The zero-order valence-corrected chi connectivity index (χ0v) is 41.9. The number of ether oxygens (including phenoxy) is 1. The van der Waals surface area contributed by atoms with Crippen LogP contribution in [0.15, 0.2) is 249 Å². The van der Waals surface area contributed by atoms with Crippen LogP contribution < -0.4 is 9.30 Å². The SMILES string of the molecule is CC(C)(C)c1ccnc(-n2c3c(c4ccc(Oc5cccc(-n6[c-][n+](-c7c(-c8ccccc8)cccc7-c7cccc(-c8ccccc8)c7)c7ccccc76)c5)cc42)-c2cccc4cccc(c24)-c2ccccc2-3)c1. The average molecular weight is 963 g/mol. The molecule has 13 aromatic rings. The van der Waals surface area contributed by atoms with Crippen molar-refractivity contribution >= 4 is 32.7 Å². The maximum atomic E-state index is 6.99. The molecule has 0 atom stereocenters. The van der Waals surface area contributed by atoms with Gasteiger partial charge in [0, 0.05) is 28.8 Å². The van der Waals surface area contributed by atoms with E-state index in [4.69, 9.17) is 9.72 Å². The number of aromatic nitrogens is 4. The van der Waals surface area contributed by atoms with Gasteiger partial charge in [-0.2, -0.15) is 0 Å². The predicted octanol–water partition coefficient (Wildman–Crippen LogP) is 17.6. The zero-order chi connectivity index (χ0) is 50.2. The molecule has 0 amide bonds. The fraction of sp³-hybridized carbons (Fsp3) is 0.0571. The molecular weight excluding hydrogens is 913 g/mol. The van der Waals surface area contributed by atoms with Crippen molar-refractivity contribution < 1.29 is 9.30 Å². The summed E-state index contributed by atoms with van der Waals surface area (Å²) in [5.41, 5.74) is 20.1. The van der Waals surface area contributed by atoms with Crippen molar-refractivity contribution in [3.05, 3.63) is 261 Å². The van der Waals surface area contributed by atoms with E-state index in [1.54, 1.807) is 0 Å². The van der Waals surface area contributed by atoms with Crippen molar-refractivity contribution in [2.24, 2.45) is 0 Å². The summed E-state index contributed by atoms with van der Waals surface area (Å²) >= 11 is 0. The van der Waals surface area contributed by atoms with E-state index >= 15 is 0 Å². The second-order valence-corrected chi connectivity index (χ2v) is 20.5. The summed E-state index contributed by atoms with van der Waals surface area (Å²) in [7, 11) is 0. The maximum absolute atomic E-state index is 6.99. The van der Waals surface area contributed by atoms with Gasteiger partial charge < -0.3 is 4.74 Å². The van der Waals surface area contributed by atoms with Crippen LogP contribution in [-0.4, -0.2) is 14.1 Å². The number of rotatable bonds is 8. The van der Waals surface area contributed by atoms with Gasteiger partial charge in [-0.3, -0.25) is 13.7 Å². The Morgan fingerprint density at radius 1 is 0.467 bits per heavy atom. The Morgan fingerprint density at radius 2 is 1.09 bits per heavy atom. The van der Waals surface area contributed by atoms with E-state index in [1.807, 2.05) is 12.3 Å². The highest BCUT2D eigenvalue weighted by atomic mass is 16.5. The van der Waals surface area contributed by atoms with Crippen molar-refractivity contribution in [1.82, 2.24) is 14.1 Å². The molecule has 3 heterocycles. The third-order valence-electron chi connectivity index (χ3n) is 14.9. The first kappa shape index (κ1) is 44.1. The largest absolute Gasteiger partial charge is 0.458 e. The lowest BCUT2D eigenvalue weighted by atomic mass is 9.88. The van der Waals surface area contributed by atoms with Gasteiger partial charge in [-0.05, 0) is 120 Å². The van der Waals surface area contributed by atoms with Gasteiger partial charge in [0.1, 0.15) is 17.3 Å². The molecule has 0 saturated carbocycles. The average Bonchev–Trinajstić information content (AvgIpc) is 4.02. The fourth-order valence-corrected chi connectivity index (χ4v) is 11.4. The highest BCUT2D eigenvalue weighted by molar-refractivity contribution is 6.19. The lowest BCUT2D eigenvalue weighted by molar-refractivity contribution is -0.571. The first-order chi connectivity index (χ1) is 36.8. The Hall–Kier alpha value is -9.58. The van der Waals surface area contributed by atoms with Gasteiger partial charge in [0.05, 0.1) is 33.6 Å². The standard InChI is InChI=1S/C70H50N4O/c1-70(2,3)51-39-40-71-65(42-51)74-64-44-54(37-38-60(64)67-61-34-16-24-48-23-15-33-58(66(48)61)57-29-10-11-30-59(57)69(67)74)75-53-28-17-27-52(43-53)72-45-73(63-36-13-12-35-62(63)72)68-55(47-21-8-5-9-22-47)31-18-32-56(68)50-26-14-25-49(41-50)46-19-6-4-7-20-46/h4-44H,1-3H3. The van der Waals surface area contributed by atoms with E-state index in [2.05, 4.69) is 277 Å². The Balaban J connectivity index is 0.921. The summed E-state index contributed by atoms with van der Waals surface area (Å²) in [5, 5.41) is 3.61. The molecule has 10 aromatic carbocycles. The summed E-state index contributed by atoms with van der Waals surface area (Å²) < 4.78 is 13.8. The minimum absolute atomic E-state index is 0.0829. The molecule has 0 unspecified atom stereocenters. The van der Waals surface area contributed by atoms with Crippen molar-refractivity contribution in [2.45, 2.75) is 26.2 Å². The van der Waals surface area contributed by atoms with Gasteiger partial charge in [0.25, 0.3) is 6.33 Å². The molecule has 356 valence electrons. The quantitative estimate of drug-likeness (QED) is 0.112. The Kier molecular flexibility index (Phi) is 10.3. The van der Waals surface area contributed by atoms with Gasteiger partial charge in [-0.1, -0.05) is 209 Å². The minimum Gasteiger partial charge on any atom is -0.458 e. The van der Waals surface area contributed by atoms with Crippen LogP contribution >= 0.6 is 0 Å². The molecule has 14 rings (SSSR count). The molecule has 0 saturated heterocycles. The molecular formula is C70H50N4O. The van der Waals surface area contributed by atoms with E-state index in [9.17, 15) is 0 Å². The number of pyridine rings is 1.